The molecule has 112 valence electrons. The van der Waals surface area contributed by atoms with Gasteiger partial charge < -0.3 is 5.11 Å². The first-order valence-corrected chi connectivity index (χ1v) is 8.05. The molecule has 0 aliphatic heterocycles. The van der Waals surface area contributed by atoms with E-state index in [9.17, 15) is 4.79 Å². The van der Waals surface area contributed by atoms with E-state index in [1.54, 1.807) is 0 Å². The molecule has 0 fully saturated rings. The number of Topliss-reactive ketones (excluding diaryl/α,β-unsaturated/α-hetero) is 1. The molecule has 0 aliphatic rings. The highest BCUT2D eigenvalue weighted by Crippen LogP contribution is 2.14. The van der Waals surface area contributed by atoms with Crippen LogP contribution in [0.3, 0.4) is 0 Å². The summed E-state index contributed by atoms with van der Waals surface area (Å²) in [7, 11) is 0. The van der Waals surface area contributed by atoms with Crippen LogP contribution in [0.5, 0.6) is 0 Å². The Balaban J connectivity index is 2.60. The van der Waals surface area contributed by atoms with Gasteiger partial charge in [0.15, 0.2) is 5.78 Å². The molecule has 0 unspecified atom stereocenters. The van der Waals surface area contributed by atoms with Crippen LogP contribution < -0.4 is 0 Å². The molecule has 0 atom stereocenters. The summed E-state index contributed by atoms with van der Waals surface area (Å²) in [5.74, 6) is 0.153. The molecule has 0 aromatic heterocycles. The second-order valence-electron chi connectivity index (χ2n) is 4.91. The SMILES string of the molecule is CCC(CC)N(CCO)CCC(=O)c1cccc(Br)c1. The molecular weight excluding hydrogens is 318 g/mol. The molecule has 1 N–H and O–H groups in total. The fourth-order valence-electron chi connectivity index (χ4n) is 2.46. The van der Waals surface area contributed by atoms with Crippen molar-refractivity contribution in [1.82, 2.24) is 4.90 Å². The van der Waals surface area contributed by atoms with Crippen molar-refractivity contribution < 1.29 is 9.90 Å². The Morgan fingerprint density at radius 2 is 2.00 bits per heavy atom. The first kappa shape index (κ1) is 17.3. The lowest BCUT2D eigenvalue weighted by molar-refractivity contribution is 0.0927. The third-order valence-electron chi connectivity index (χ3n) is 3.62. The summed E-state index contributed by atoms with van der Waals surface area (Å²) < 4.78 is 0.926. The van der Waals surface area contributed by atoms with E-state index in [0.29, 0.717) is 25.6 Å². The van der Waals surface area contributed by atoms with Crippen LogP contribution in [-0.2, 0) is 0 Å². The summed E-state index contributed by atoms with van der Waals surface area (Å²) in [5.41, 5.74) is 0.743. The Labute approximate surface area is 130 Å². The molecule has 1 rings (SSSR count). The molecule has 0 saturated carbocycles. The van der Waals surface area contributed by atoms with Crippen molar-refractivity contribution in [1.29, 1.82) is 0 Å². The molecule has 0 radical (unpaired) electrons. The van der Waals surface area contributed by atoms with Gasteiger partial charge in [-0.05, 0) is 25.0 Å². The van der Waals surface area contributed by atoms with Gasteiger partial charge in [-0.2, -0.15) is 0 Å². The first-order chi connectivity index (χ1) is 9.62. The van der Waals surface area contributed by atoms with Crippen molar-refractivity contribution in [3.05, 3.63) is 34.3 Å². The third-order valence-corrected chi connectivity index (χ3v) is 4.11. The van der Waals surface area contributed by atoms with E-state index in [0.717, 1.165) is 22.9 Å². The number of rotatable bonds is 9. The molecule has 1 aromatic carbocycles. The Morgan fingerprint density at radius 1 is 1.30 bits per heavy atom. The molecule has 0 spiro atoms. The largest absolute Gasteiger partial charge is 0.395 e. The number of nitrogens with zero attached hydrogens (tertiary/aromatic N) is 1. The number of carbonyl (C=O) groups is 1. The number of carbonyl (C=O) groups excluding carboxylic acids is 1. The van der Waals surface area contributed by atoms with Crippen LogP contribution in [0.4, 0.5) is 0 Å². The van der Waals surface area contributed by atoms with Gasteiger partial charge in [0.2, 0.25) is 0 Å². The topological polar surface area (TPSA) is 40.5 Å². The van der Waals surface area contributed by atoms with Gasteiger partial charge in [0.05, 0.1) is 6.61 Å². The predicted molar refractivity (Wildman–Crippen MR) is 86.1 cm³/mol. The molecule has 3 nitrogen and oxygen atoms in total. The summed E-state index contributed by atoms with van der Waals surface area (Å²) in [6, 6.07) is 7.94. The second kappa shape index (κ2) is 9.27. The summed E-state index contributed by atoms with van der Waals surface area (Å²) in [4.78, 5) is 14.4. The molecule has 0 aliphatic carbocycles. The zero-order valence-electron chi connectivity index (χ0n) is 12.3. The van der Waals surface area contributed by atoms with Gasteiger partial charge in [-0.1, -0.05) is 41.9 Å². The maximum atomic E-state index is 12.2. The summed E-state index contributed by atoms with van der Waals surface area (Å²) in [5, 5.41) is 9.16. The minimum absolute atomic E-state index is 0.140. The Hall–Kier alpha value is -0.710. The molecule has 1 aromatic rings. The number of benzene rings is 1. The van der Waals surface area contributed by atoms with E-state index in [1.165, 1.54) is 0 Å². The molecule has 0 heterocycles. The Kier molecular flexibility index (Phi) is 8.04. The van der Waals surface area contributed by atoms with E-state index >= 15 is 0 Å². The number of aliphatic hydroxyl groups is 1. The van der Waals surface area contributed by atoms with Crippen LogP contribution in [0, 0.1) is 0 Å². The van der Waals surface area contributed by atoms with Gasteiger partial charge in [-0.15, -0.1) is 0 Å². The van der Waals surface area contributed by atoms with Crippen molar-refractivity contribution in [3.8, 4) is 0 Å². The van der Waals surface area contributed by atoms with Crippen molar-refractivity contribution in [3.63, 3.8) is 0 Å². The molecule has 0 bridgehead atoms. The van der Waals surface area contributed by atoms with Crippen molar-refractivity contribution >= 4 is 21.7 Å². The maximum absolute atomic E-state index is 12.2. The minimum Gasteiger partial charge on any atom is -0.395 e. The van der Waals surface area contributed by atoms with E-state index < -0.39 is 0 Å². The molecular formula is C16H24BrNO2. The maximum Gasteiger partial charge on any atom is 0.164 e. The lowest BCUT2D eigenvalue weighted by Gasteiger charge is -2.29. The summed E-state index contributed by atoms with van der Waals surface area (Å²) in [6.45, 7) is 5.78. The van der Waals surface area contributed by atoms with Gasteiger partial charge in [-0.25, -0.2) is 0 Å². The fraction of sp³-hybridized carbons (Fsp3) is 0.562. The zero-order chi connectivity index (χ0) is 15.0. The van der Waals surface area contributed by atoms with Crippen molar-refractivity contribution in [2.45, 2.75) is 39.2 Å². The van der Waals surface area contributed by atoms with Gasteiger partial charge in [-0.3, -0.25) is 9.69 Å². The third kappa shape index (κ3) is 5.35. The lowest BCUT2D eigenvalue weighted by Crippen LogP contribution is -2.38. The van der Waals surface area contributed by atoms with Crippen LogP contribution in [0.2, 0.25) is 0 Å². The van der Waals surface area contributed by atoms with E-state index in [4.69, 9.17) is 5.11 Å². The Bertz CT molecular complexity index is 419. The fourth-order valence-corrected chi connectivity index (χ4v) is 2.86. The van der Waals surface area contributed by atoms with Crippen LogP contribution in [0.1, 0.15) is 43.5 Å². The van der Waals surface area contributed by atoms with Crippen molar-refractivity contribution in [2.75, 3.05) is 19.7 Å². The normalized spacial score (nSPS) is 11.3. The van der Waals surface area contributed by atoms with Crippen LogP contribution in [-0.4, -0.2) is 41.5 Å². The predicted octanol–water partition coefficient (Wildman–Crippen LogP) is 3.50. The number of ketones is 1. The van der Waals surface area contributed by atoms with E-state index in [-0.39, 0.29) is 12.4 Å². The van der Waals surface area contributed by atoms with Crippen LogP contribution >= 0.6 is 15.9 Å². The number of hydrogen-bond acceptors (Lipinski definition) is 3. The first-order valence-electron chi connectivity index (χ1n) is 7.26. The number of hydrogen-bond donors (Lipinski definition) is 1. The minimum atomic E-state index is 0.140. The van der Waals surface area contributed by atoms with Gasteiger partial charge in [0, 0.05) is 35.6 Å². The van der Waals surface area contributed by atoms with Crippen LogP contribution in [0.15, 0.2) is 28.7 Å². The highest BCUT2D eigenvalue weighted by molar-refractivity contribution is 9.10. The standard InChI is InChI=1S/C16H24BrNO2/c1-3-15(4-2)18(10-11-19)9-8-16(20)13-6-5-7-14(17)12-13/h5-7,12,15,19H,3-4,8-11H2,1-2H3. The smallest absolute Gasteiger partial charge is 0.164 e. The highest BCUT2D eigenvalue weighted by atomic mass is 79.9. The number of aliphatic hydroxyl groups excluding tert-OH is 1. The second-order valence-corrected chi connectivity index (χ2v) is 5.83. The average molecular weight is 342 g/mol. The van der Waals surface area contributed by atoms with Gasteiger partial charge in [0.25, 0.3) is 0 Å². The molecule has 0 amide bonds. The average Bonchev–Trinajstić information content (AvgIpc) is 2.45. The molecule has 20 heavy (non-hydrogen) atoms. The van der Waals surface area contributed by atoms with Crippen LogP contribution in [0.25, 0.3) is 0 Å². The monoisotopic (exact) mass is 341 g/mol. The quantitative estimate of drug-likeness (QED) is 0.698. The highest BCUT2D eigenvalue weighted by Gasteiger charge is 2.16. The Morgan fingerprint density at radius 3 is 2.55 bits per heavy atom. The van der Waals surface area contributed by atoms with Gasteiger partial charge in [0.1, 0.15) is 0 Å². The number of halogens is 1. The zero-order valence-corrected chi connectivity index (χ0v) is 13.9. The molecule has 4 heteroatoms. The lowest BCUT2D eigenvalue weighted by atomic mass is 10.1. The summed E-state index contributed by atoms with van der Waals surface area (Å²) in [6.07, 6.45) is 2.58. The molecule has 0 saturated heterocycles. The van der Waals surface area contributed by atoms with Gasteiger partial charge >= 0.3 is 0 Å². The van der Waals surface area contributed by atoms with Crippen molar-refractivity contribution in [2.24, 2.45) is 0 Å². The van der Waals surface area contributed by atoms with E-state index in [1.807, 2.05) is 24.3 Å². The summed E-state index contributed by atoms with van der Waals surface area (Å²) >= 11 is 3.39. The van der Waals surface area contributed by atoms with E-state index in [2.05, 4.69) is 34.7 Å².